The van der Waals surface area contributed by atoms with Crippen LogP contribution in [-0.2, 0) is 6.54 Å². The van der Waals surface area contributed by atoms with Crippen LogP contribution in [-0.4, -0.2) is 54.7 Å². The van der Waals surface area contributed by atoms with E-state index in [0.717, 1.165) is 41.8 Å². The van der Waals surface area contributed by atoms with Crippen molar-refractivity contribution in [2.75, 3.05) is 20.6 Å². The molecule has 4 rings (SSSR count). The Kier molecular flexibility index (Phi) is 4.16. The lowest BCUT2D eigenvalue weighted by Gasteiger charge is -2.11. The normalized spacial score (nSPS) is 11.9. The fourth-order valence-electron chi connectivity index (χ4n) is 3.37. The molecule has 0 aliphatic rings. The zero-order valence-corrected chi connectivity index (χ0v) is 15.6. The van der Waals surface area contributed by atoms with Crippen LogP contribution in [0.3, 0.4) is 0 Å². The van der Waals surface area contributed by atoms with Gasteiger partial charge in [-0.05, 0) is 58.6 Å². The predicted octanol–water partition coefficient (Wildman–Crippen LogP) is 2.71. The molecule has 0 aliphatic carbocycles. The minimum Gasteiger partial charge on any atom is -0.329 e. The molecule has 0 amide bonds. The van der Waals surface area contributed by atoms with Crippen LogP contribution < -0.4 is 0 Å². The second-order valence-corrected chi connectivity index (χ2v) is 6.91. The number of aromatic nitrogens is 6. The minimum atomic E-state index is 0.671. The van der Waals surface area contributed by atoms with Crippen molar-refractivity contribution < 1.29 is 0 Å². The van der Waals surface area contributed by atoms with E-state index < -0.39 is 0 Å². The van der Waals surface area contributed by atoms with Crippen molar-refractivity contribution in [3.63, 3.8) is 0 Å². The van der Waals surface area contributed by atoms with Crippen molar-refractivity contribution in [2.24, 2.45) is 0 Å². The first-order chi connectivity index (χ1) is 12.6. The minimum absolute atomic E-state index is 0.671. The van der Waals surface area contributed by atoms with E-state index in [-0.39, 0.29) is 0 Å². The van der Waals surface area contributed by atoms with E-state index in [9.17, 15) is 0 Å². The van der Waals surface area contributed by atoms with E-state index in [1.54, 1.807) is 23.2 Å². The van der Waals surface area contributed by atoms with E-state index in [0.29, 0.717) is 5.82 Å². The van der Waals surface area contributed by atoms with Crippen LogP contribution in [0.4, 0.5) is 0 Å². The van der Waals surface area contributed by atoms with Crippen LogP contribution >= 0.6 is 0 Å². The van der Waals surface area contributed by atoms with Crippen LogP contribution in [0.5, 0.6) is 0 Å². The highest BCUT2D eigenvalue weighted by molar-refractivity contribution is 5.94. The summed E-state index contributed by atoms with van der Waals surface area (Å²) in [5.41, 5.74) is 5.19. The molecular formula is C19H23N7. The summed E-state index contributed by atoms with van der Waals surface area (Å²) in [4.78, 5) is 15.8. The van der Waals surface area contributed by atoms with Gasteiger partial charge >= 0.3 is 0 Å². The molecule has 4 aromatic rings. The second kappa shape index (κ2) is 6.49. The topological polar surface area (TPSA) is 64.1 Å². The number of fused-ring (bicyclic) bond motifs is 3. The molecule has 7 nitrogen and oxygen atoms in total. The molecule has 0 atom stereocenters. The molecule has 0 fully saturated rings. The van der Waals surface area contributed by atoms with Gasteiger partial charge in [0.15, 0.2) is 11.5 Å². The molecule has 7 heteroatoms. The third-order valence-corrected chi connectivity index (χ3v) is 4.85. The van der Waals surface area contributed by atoms with Crippen LogP contribution in [0.25, 0.3) is 28.1 Å². The van der Waals surface area contributed by atoms with Gasteiger partial charge < -0.3 is 9.47 Å². The van der Waals surface area contributed by atoms with Gasteiger partial charge in [-0.2, -0.15) is 0 Å². The first-order valence-corrected chi connectivity index (χ1v) is 8.82. The maximum atomic E-state index is 4.79. The number of nitrogens with zero attached hydrogens (tertiary/aromatic N) is 7. The molecule has 134 valence electrons. The third-order valence-electron chi connectivity index (χ3n) is 4.85. The largest absolute Gasteiger partial charge is 0.329 e. The van der Waals surface area contributed by atoms with Gasteiger partial charge in [-0.3, -0.25) is 4.98 Å². The first kappa shape index (κ1) is 16.7. The van der Waals surface area contributed by atoms with Gasteiger partial charge in [0.1, 0.15) is 12.0 Å². The van der Waals surface area contributed by atoms with Gasteiger partial charge in [-0.25, -0.2) is 14.5 Å². The molecule has 0 saturated carbocycles. The Morgan fingerprint density at radius 3 is 2.73 bits per heavy atom. The van der Waals surface area contributed by atoms with Crippen molar-refractivity contribution in [2.45, 2.75) is 26.8 Å². The van der Waals surface area contributed by atoms with Crippen LogP contribution in [0, 0.1) is 13.8 Å². The fraction of sp³-hybridized carbons (Fsp3) is 0.368. The Hall–Kier alpha value is -2.80. The Morgan fingerprint density at radius 2 is 2.00 bits per heavy atom. The maximum absolute atomic E-state index is 4.79. The monoisotopic (exact) mass is 349 g/mol. The standard InChI is InChI=1S/C19H23N7/c1-13-14(2)25(10-6-9-24(3)4)18-16(13)19-22-17(23-26(19)12-21-18)15-7-5-8-20-11-15/h5,7-8,11-12H,6,9-10H2,1-4H3. The number of aryl methyl sites for hydroxylation is 2. The Bertz CT molecular complexity index is 1060. The van der Waals surface area contributed by atoms with Crippen molar-refractivity contribution in [1.82, 2.24) is 34.0 Å². The van der Waals surface area contributed by atoms with Crippen molar-refractivity contribution in [1.29, 1.82) is 0 Å². The summed E-state index contributed by atoms with van der Waals surface area (Å²) in [5, 5.41) is 5.67. The zero-order valence-electron chi connectivity index (χ0n) is 15.6. The molecule has 0 unspecified atom stereocenters. The Balaban J connectivity index is 1.84. The predicted molar refractivity (Wildman–Crippen MR) is 102 cm³/mol. The van der Waals surface area contributed by atoms with Gasteiger partial charge in [0.05, 0.1) is 5.39 Å². The van der Waals surface area contributed by atoms with E-state index >= 15 is 0 Å². The number of hydrogen-bond acceptors (Lipinski definition) is 5. The number of hydrogen-bond donors (Lipinski definition) is 0. The summed E-state index contributed by atoms with van der Waals surface area (Å²) in [6.45, 7) is 6.29. The number of pyridine rings is 1. The molecule has 4 aromatic heterocycles. The quantitative estimate of drug-likeness (QED) is 0.554. The summed E-state index contributed by atoms with van der Waals surface area (Å²) < 4.78 is 4.06. The molecule has 0 N–H and O–H groups in total. The molecule has 0 aromatic carbocycles. The van der Waals surface area contributed by atoms with Crippen LogP contribution in [0.1, 0.15) is 17.7 Å². The fourth-order valence-corrected chi connectivity index (χ4v) is 3.37. The summed E-state index contributed by atoms with van der Waals surface area (Å²) >= 11 is 0. The molecule has 26 heavy (non-hydrogen) atoms. The molecule has 0 spiro atoms. The lowest BCUT2D eigenvalue weighted by molar-refractivity contribution is 0.387. The molecule has 0 bridgehead atoms. The van der Waals surface area contributed by atoms with E-state index in [1.807, 2.05) is 12.1 Å². The Morgan fingerprint density at radius 1 is 1.15 bits per heavy atom. The highest BCUT2D eigenvalue weighted by Gasteiger charge is 2.18. The van der Waals surface area contributed by atoms with Crippen LogP contribution in [0.15, 0.2) is 30.9 Å². The SMILES string of the molecule is Cc1c(C)n(CCCN(C)C)c2ncn3nc(-c4cccnc4)nc3c12. The number of rotatable bonds is 5. The van der Waals surface area contributed by atoms with Crippen LogP contribution in [0.2, 0.25) is 0 Å². The average molecular weight is 349 g/mol. The molecule has 4 heterocycles. The maximum Gasteiger partial charge on any atom is 0.183 e. The van der Waals surface area contributed by atoms with E-state index in [2.05, 4.69) is 52.5 Å². The van der Waals surface area contributed by atoms with Crippen molar-refractivity contribution >= 4 is 16.7 Å². The average Bonchev–Trinajstić information content (AvgIpc) is 3.17. The smallest absolute Gasteiger partial charge is 0.183 e. The highest BCUT2D eigenvalue weighted by atomic mass is 15.3. The Labute approximate surface area is 152 Å². The van der Waals surface area contributed by atoms with Gasteiger partial charge in [0.25, 0.3) is 0 Å². The van der Waals surface area contributed by atoms with Gasteiger partial charge in [-0.15, -0.1) is 5.10 Å². The van der Waals surface area contributed by atoms with Crippen molar-refractivity contribution in [3.05, 3.63) is 42.1 Å². The second-order valence-electron chi connectivity index (χ2n) is 6.91. The summed E-state index contributed by atoms with van der Waals surface area (Å²) in [7, 11) is 4.20. The molecule has 0 aliphatic heterocycles. The molecule has 0 saturated heterocycles. The van der Waals surface area contributed by atoms with Crippen molar-refractivity contribution in [3.8, 4) is 11.4 Å². The summed E-state index contributed by atoms with van der Waals surface area (Å²) in [6.07, 6.45) is 6.37. The van der Waals surface area contributed by atoms with Gasteiger partial charge in [-0.1, -0.05) is 0 Å². The molecule has 0 radical (unpaired) electrons. The van der Waals surface area contributed by atoms with Gasteiger partial charge in [0, 0.05) is 30.2 Å². The zero-order chi connectivity index (χ0) is 18.3. The van der Waals surface area contributed by atoms with E-state index in [4.69, 9.17) is 4.98 Å². The third kappa shape index (κ3) is 2.74. The first-order valence-electron chi connectivity index (χ1n) is 8.82. The molecular weight excluding hydrogens is 326 g/mol. The summed E-state index contributed by atoms with van der Waals surface area (Å²) in [5.74, 6) is 0.671. The van der Waals surface area contributed by atoms with Gasteiger partial charge in [0.2, 0.25) is 0 Å². The van der Waals surface area contributed by atoms with E-state index in [1.165, 1.54) is 11.3 Å². The highest BCUT2D eigenvalue weighted by Crippen LogP contribution is 2.28. The lowest BCUT2D eigenvalue weighted by Crippen LogP contribution is -2.15. The lowest BCUT2D eigenvalue weighted by atomic mass is 10.2. The summed E-state index contributed by atoms with van der Waals surface area (Å²) in [6, 6.07) is 3.86.